The molecule has 8 nitrogen and oxygen atoms in total. The van der Waals surface area contributed by atoms with Crippen molar-refractivity contribution in [1.82, 2.24) is 14.9 Å². The van der Waals surface area contributed by atoms with Crippen molar-refractivity contribution in [2.45, 2.75) is 51.7 Å². The van der Waals surface area contributed by atoms with Gasteiger partial charge in [0.25, 0.3) is 0 Å². The lowest BCUT2D eigenvalue weighted by molar-refractivity contribution is 0.0457. The number of benzene rings is 1. The van der Waals surface area contributed by atoms with Gasteiger partial charge in [-0.1, -0.05) is 0 Å². The molecule has 3 N–H and O–H groups in total. The molecule has 0 saturated carbocycles. The van der Waals surface area contributed by atoms with Crippen LogP contribution in [0.1, 0.15) is 39.5 Å². The Hall–Kier alpha value is -2.68. The maximum atomic E-state index is 13.9. The molecule has 1 amide bonds. The average molecular weight is 420 g/mol. The Labute approximate surface area is 175 Å². The molecule has 1 aromatic carbocycles. The first-order valence-electron chi connectivity index (χ1n) is 10.4. The van der Waals surface area contributed by atoms with E-state index in [-0.39, 0.29) is 24.1 Å². The second-order valence-corrected chi connectivity index (χ2v) is 7.96. The molecular weight excluding hydrogens is 389 g/mol. The van der Waals surface area contributed by atoms with Crippen LogP contribution in [0.2, 0.25) is 0 Å². The summed E-state index contributed by atoms with van der Waals surface area (Å²) < 4.78 is 19.0. The molecule has 4 rings (SSSR count). The van der Waals surface area contributed by atoms with Crippen molar-refractivity contribution in [1.29, 1.82) is 5.41 Å². The van der Waals surface area contributed by atoms with E-state index in [2.05, 4.69) is 9.97 Å². The number of piperidine rings is 2. The molecule has 3 heterocycles. The lowest BCUT2D eigenvalue weighted by atomic mass is 10.1. The first-order chi connectivity index (χ1) is 14.3. The maximum Gasteiger partial charge on any atom is 0.410 e. The van der Waals surface area contributed by atoms with Crippen LogP contribution in [0.25, 0.3) is 11.0 Å². The zero-order chi connectivity index (χ0) is 21.7. The molecule has 2 fully saturated rings. The lowest BCUT2D eigenvalue weighted by Crippen LogP contribution is -2.41. The quantitative estimate of drug-likeness (QED) is 0.693. The van der Waals surface area contributed by atoms with Crippen LogP contribution < -0.4 is 4.90 Å². The highest BCUT2D eigenvalue weighted by Crippen LogP contribution is 2.26. The van der Waals surface area contributed by atoms with E-state index >= 15 is 0 Å². The van der Waals surface area contributed by atoms with Crippen LogP contribution >= 0.6 is 0 Å². The highest BCUT2D eigenvalue weighted by atomic mass is 19.1. The number of imidazole rings is 1. The number of aliphatic hydroxyl groups excluding tert-OH is 1. The van der Waals surface area contributed by atoms with E-state index in [1.807, 2.05) is 18.7 Å². The molecule has 2 saturated heterocycles. The molecule has 0 radical (unpaired) electrons. The zero-order valence-corrected chi connectivity index (χ0v) is 17.5. The number of carbonyl (C=O) groups is 1. The molecule has 2 aliphatic heterocycles. The molecule has 2 aromatic rings. The van der Waals surface area contributed by atoms with Gasteiger partial charge in [0.15, 0.2) is 0 Å². The fraction of sp³-hybridized carbons (Fsp3) is 0.571. The normalized spacial score (nSPS) is 17.8. The summed E-state index contributed by atoms with van der Waals surface area (Å²) in [6.45, 7) is 6.30. The number of nitrogens with zero attached hydrogens (tertiary/aromatic N) is 3. The minimum absolute atomic E-state index is 0.0700. The number of hydrogen-bond donors (Lipinski definition) is 3. The van der Waals surface area contributed by atoms with Crippen LogP contribution in [-0.4, -0.2) is 70.2 Å². The number of aliphatic hydroxyl groups is 1. The molecule has 0 spiro atoms. The SMILES string of the molecule is CC(C)OC(=O)N1CCC(O)CC1.N=C1CCN(c2cc3nc[nH]c3cc2F)CC1. The van der Waals surface area contributed by atoms with Crippen molar-refractivity contribution in [3.05, 3.63) is 24.3 Å². The van der Waals surface area contributed by atoms with Gasteiger partial charge in [0, 0.05) is 50.8 Å². The number of halogens is 1. The van der Waals surface area contributed by atoms with Gasteiger partial charge in [-0.2, -0.15) is 0 Å². The fourth-order valence-electron chi connectivity index (χ4n) is 3.53. The Morgan fingerprint density at radius 1 is 1.27 bits per heavy atom. The molecular formula is C21H30FN5O3. The summed E-state index contributed by atoms with van der Waals surface area (Å²) in [7, 11) is 0. The molecule has 2 aliphatic rings. The van der Waals surface area contributed by atoms with Gasteiger partial charge in [0.2, 0.25) is 0 Å². The van der Waals surface area contributed by atoms with E-state index in [1.54, 1.807) is 17.3 Å². The third-order valence-electron chi connectivity index (χ3n) is 5.26. The number of rotatable bonds is 2. The molecule has 0 unspecified atom stereocenters. The third kappa shape index (κ3) is 5.69. The van der Waals surface area contributed by atoms with E-state index in [1.165, 1.54) is 6.07 Å². The molecule has 1 aromatic heterocycles. The van der Waals surface area contributed by atoms with Gasteiger partial charge in [-0.3, -0.25) is 0 Å². The number of carbonyl (C=O) groups excluding carboxylic acids is 1. The summed E-state index contributed by atoms with van der Waals surface area (Å²) in [6.07, 6.45) is 3.75. The summed E-state index contributed by atoms with van der Waals surface area (Å²) in [5.41, 5.74) is 2.85. The largest absolute Gasteiger partial charge is 0.447 e. The summed E-state index contributed by atoms with van der Waals surface area (Å²) >= 11 is 0. The topological polar surface area (TPSA) is 106 Å². The number of fused-ring (bicyclic) bond motifs is 1. The number of H-pyrrole nitrogens is 1. The van der Waals surface area contributed by atoms with E-state index in [4.69, 9.17) is 10.1 Å². The lowest BCUT2D eigenvalue weighted by Gasteiger charge is -2.29. The highest BCUT2D eigenvalue weighted by Gasteiger charge is 2.22. The number of hydrogen-bond acceptors (Lipinski definition) is 6. The predicted molar refractivity (Wildman–Crippen MR) is 114 cm³/mol. The monoisotopic (exact) mass is 419 g/mol. The number of amides is 1. The van der Waals surface area contributed by atoms with Gasteiger partial charge in [0.05, 0.1) is 35.3 Å². The molecule has 9 heteroatoms. The number of ether oxygens (including phenoxy) is 1. The number of nitrogens with one attached hydrogen (secondary N) is 2. The number of aromatic amines is 1. The summed E-state index contributed by atoms with van der Waals surface area (Å²) in [5.74, 6) is -0.227. The Bertz CT molecular complexity index is 867. The summed E-state index contributed by atoms with van der Waals surface area (Å²) in [4.78, 5) is 22.0. The van der Waals surface area contributed by atoms with Gasteiger partial charge >= 0.3 is 6.09 Å². The Morgan fingerprint density at radius 3 is 2.57 bits per heavy atom. The Balaban J connectivity index is 0.000000178. The van der Waals surface area contributed by atoms with Crippen LogP contribution in [0.15, 0.2) is 18.5 Å². The highest BCUT2D eigenvalue weighted by molar-refractivity contribution is 5.85. The van der Waals surface area contributed by atoms with E-state index < -0.39 is 0 Å². The van der Waals surface area contributed by atoms with Crippen LogP contribution in [0, 0.1) is 11.2 Å². The van der Waals surface area contributed by atoms with Gasteiger partial charge in [-0.05, 0) is 32.8 Å². The molecule has 164 valence electrons. The summed E-state index contributed by atoms with van der Waals surface area (Å²) in [5, 5.41) is 16.8. The third-order valence-corrected chi connectivity index (χ3v) is 5.26. The Kier molecular flexibility index (Phi) is 7.25. The maximum absolute atomic E-state index is 13.9. The zero-order valence-electron chi connectivity index (χ0n) is 17.5. The average Bonchev–Trinajstić information content (AvgIpc) is 3.16. The van der Waals surface area contributed by atoms with Crippen molar-refractivity contribution in [2.75, 3.05) is 31.1 Å². The van der Waals surface area contributed by atoms with Gasteiger partial charge in [-0.15, -0.1) is 0 Å². The molecule has 0 bridgehead atoms. The van der Waals surface area contributed by atoms with E-state index in [9.17, 15) is 14.3 Å². The minimum atomic E-state index is -0.262. The van der Waals surface area contributed by atoms with Crippen molar-refractivity contribution < 1.29 is 19.0 Å². The second kappa shape index (κ2) is 9.88. The standard InChI is InChI=1S/C12H13FN4.C9H17NO3/c13-9-5-10-11(16-7-15-10)6-12(9)17-3-1-8(14)2-4-17;1-7(2)13-9(12)10-5-3-8(11)4-6-10/h5-7,14H,1-4H2,(H,15,16);7-8,11H,3-6H2,1-2H3. The van der Waals surface area contributed by atoms with Crippen LogP contribution in [0.4, 0.5) is 14.9 Å². The first-order valence-corrected chi connectivity index (χ1v) is 10.4. The summed E-state index contributed by atoms with van der Waals surface area (Å²) in [6, 6.07) is 3.26. The van der Waals surface area contributed by atoms with Crippen LogP contribution in [0.5, 0.6) is 0 Å². The van der Waals surface area contributed by atoms with Gasteiger partial charge in [0.1, 0.15) is 5.82 Å². The first kappa shape index (κ1) is 22.0. The van der Waals surface area contributed by atoms with Crippen molar-refractivity contribution >= 4 is 28.5 Å². The number of likely N-dealkylation sites (tertiary alicyclic amines) is 1. The number of aromatic nitrogens is 2. The fourth-order valence-corrected chi connectivity index (χ4v) is 3.53. The minimum Gasteiger partial charge on any atom is -0.447 e. The van der Waals surface area contributed by atoms with Gasteiger partial charge < -0.3 is 30.0 Å². The smallest absolute Gasteiger partial charge is 0.410 e. The van der Waals surface area contributed by atoms with E-state index in [0.29, 0.717) is 44.7 Å². The van der Waals surface area contributed by atoms with Crippen LogP contribution in [0.3, 0.4) is 0 Å². The molecule has 0 atom stereocenters. The second-order valence-electron chi connectivity index (χ2n) is 7.96. The van der Waals surface area contributed by atoms with E-state index in [0.717, 1.165) is 29.6 Å². The van der Waals surface area contributed by atoms with Crippen molar-refractivity contribution in [2.24, 2.45) is 0 Å². The van der Waals surface area contributed by atoms with Crippen LogP contribution in [-0.2, 0) is 4.74 Å². The van der Waals surface area contributed by atoms with Crippen molar-refractivity contribution in [3.8, 4) is 0 Å². The predicted octanol–water partition coefficient (Wildman–Crippen LogP) is 3.31. The molecule has 30 heavy (non-hydrogen) atoms. The van der Waals surface area contributed by atoms with Crippen molar-refractivity contribution in [3.63, 3.8) is 0 Å². The molecule has 0 aliphatic carbocycles. The van der Waals surface area contributed by atoms with Gasteiger partial charge in [-0.25, -0.2) is 14.2 Å². The number of anilines is 1. The Morgan fingerprint density at radius 2 is 1.93 bits per heavy atom.